The molecule has 3 nitrogen and oxygen atoms in total. The Morgan fingerprint density at radius 3 is 3.06 bits per heavy atom. The molecule has 0 bridgehead atoms. The average Bonchev–Trinajstić information content (AvgIpc) is 2.83. The second-order valence-electron chi connectivity index (χ2n) is 4.61. The molecule has 1 fully saturated rings. The molecule has 1 aromatic heterocycles. The summed E-state index contributed by atoms with van der Waals surface area (Å²) in [6.45, 7) is 1.16. The number of hydrogen-bond acceptors (Lipinski definition) is 2. The van der Waals surface area contributed by atoms with E-state index in [1.165, 1.54) is 18.4 Å². The number of rotatable bonds is 1. The summed E-state index contributed by atoms with van der Waals surface area (Å²) >= 11 is 0. The van der Waals surface area contributed by atoms with E-state index in [-0.39, 0.29) is 0 Å². The van der Waals surface area contributed by atoms with Crippen LogP contribution < -0.4 is 0 Å². The van der Waals surface area contributed by atoms with Gasteiger partial charge >= 0.3 is 0 Å². The Hall–Kier alpha value is -1.48. The standard InChI is InChI=1S/C13H16N2O/c1-15-6-2-3-13(15)11-8-14-12-5-4-9(16)7-10(11)12/h4-5,7-8,13-14,16H,2-3,6H2,1H3/t13-/m1/s1. The zero-order chi connectivity index (χ0) is 11.1. The van der Waals surface area contributed by atoms with Gasteiger partial charge < -0.3 is 10.1 Å². The summed E-state index contributed by atoms with van der Waals surface area (Å²) < 4.78 is 0. The molecule has 84 valence electrons. The van der Waals surface area contributed by atoms with Crippen molar-refractivity contribution in [2.24, 2.45) is 0 Å². The van der Waals surface area contributed by atoms with Crippen molar-refractivity contribution in [1.82, 2.24) is 9.88 Å². The molecular weight excluding hydrogens is 200 g/mol. The fourth-order valence-electron chi connectivity index (χ4n) is 2.71. The van der Waals surface area contributed by atoms with Gasteiger partial charge in [0, 0.05) is 23.1 Å². The Balaban J connectivity index is 2.12. The van der Waals surface area contributed by atoms with Crippen LogP contribution in [0.5, 0.6) is 5.75 Å². The molecule has 0 radical (unpaired) electrons. The molecule has 3 heteroatoms. The molecule has 2 heterocycles. The van der Waals surface area contributed by atoms with Gasteiger partial charge in [0.25, 0.3) is 0 Å². The Morgan fingerprint density at radius 1 is 1.44 bits per heavy atom. The van der Waals surface area contributed by atoms with Gasteiger partial charge in [-0.05, 0) is 50.2 Å². The van der Waals surface area contributed by atoms with Gasteiger partial charge in [0.15, 0.2) is 0 Å². The highest BCUT2D eigenvalue weighted by Gasteiger charge is 2.24. The normalized spacial score (nSPS) is 21.9. The quantitative estimate of drug-likeness (QED) is 0.769. The zero-order valence-electron chi connectivity index (χ0n) is 9.40. The molecule has 3 rings (SSSR count). The van der Waals surface area contributed by atoms with Gasteiger partial charge in [0.05, 0.1) is 0 Å². The first kappa shape index (κ1) is 9.73. The monoisotopic (exact) mass is 216 g/mol. The van der Waals surface area contributed by atoms with Gasteiger partial charge in [-0.25, -0.2) is 0 Å². The molecule has 0 saturated carbocycles. The molecule has 1 aliphatic heterocycles. The highest BCUT2D eigenvalue weighted by molar-refractivity contribution is 5.85. The van der Waals surface area contributed by atoms with Gasteiger partial charge in [-0.3, -0.25) is 4.90 Å². The van der Waals surface area contributed by atoms with Crippen LogP contribution in [0.1, 0.15) is 24.4 Å². The van der Waals surface area contributed by atoms with Crippen molar-refractivity contribution >= 4 is 10.9 Å². The van der Waals surface area contributed by atoms with Crippen molar-refractivity contribution in [3.8, 4) is 5.75 Å². The summed E-state index contributed by atoms with van der Waals surface area (Å²) in [6.07, 6.45) is 4.54. The first-order chi connectivity index (χ1) is 7.75. The smallest absolute Gasteiger partial charge is 0.116 e. The Kier molecular flexibility index (Phi) is 2.14. The summed E-state index contributed by atoms with van der Waals surface area (Å²) in [4.78, 5) is 5.66. The summed E-state index contributed by atoms with van der Waals surface area (Å²) in [6, 6.07) is 6.01. The third kappa shape index (κ3) is 1.39. The number of phenolic OH excluding ortho intramolecular Hbond substituents is 1. The molecule has 1 aromatic carbocycles. The van der Waals surface area contributed by atoms with E-state index >= 15 is 0 Å². The summed E-state index contributed by atoms with van der Waals surface area (Å²) in [5.74, 6) is 0.342. The number of aromatic amines is 1. The van der Waals surface area contributed by atoms with Crippen molar-refractivity contribution in [2.75, 3.05) is 13.6 Å². The average molecular weight is 216 g/mol. The molecule has 0 spiro atoms. The summed E-state index contributed by atoms with van der Waals surface area (Å²) in [5.41, 5.74) is 2.42. The molecule has 16 heavy (non-hydrogen) atoms. The highest BCUT2D eigenvalue weighted by Crippen LogP contribution is 2.35. The number of phenols is 1. The number of benzene rings is 1. The van der Waals surface area contributed by atoms with E-state index in [9.17, 15) is 5.11 Å². The van der Waals surface area contributed by atoms with Crippen LogP contribution in [0.4, 0.5) is 0 Å². The van der Waals surface area contributed by atoms with Crippen molar-refractivity contribution in [1.29, 1.82) is 0 Å². The van der Waals surface area contributed by atoms with E-state index in [1.54, 1.807) is 6.07 Å². The third-order valence-corrected chi connectivity index (χ3v) is 3.58. The van der Waals surface area contributed by atoms with Crippen LogP contribution in [0.3, 0.4) is 0 Å². The summed E-state index contributed by atoms with van der Waals surface area (Å²) in [5, 5.41) is 10.7. The van der Waals surface area contributed by atoms with E-state index in [0.29, 0.717) is 11.8 Å². The van der Waals surface area contributed by atoms with Crippen molar-refractivity contribution in [3.63, 3.8) is 0 Å². The molecule has 0 amide bonds. The largest absolute Gasteiger partial charge is 0.508 e. The zero-order valence-corrected chi connectivity index (χ0v) is 9.40. The van der Waals surface area contributed by atoms with E-state index < -0.39 is 0 Å². The van der Waals surface area contributed by atoms with Crippen LogP contribution in [-0.4, -0.2) is 28.6 Å². The molecule has 1 saturated heterocycles. The molecule has 1 aliphatic rings. The fourth-order valence-corrected chi connectivity index (χ4v) is 2.71. The maximum absolute atomic E-state index is 9.55. The minimum absolute atomic E-state index is 0.342. The number of nitrogens with one attached hydrogen (secondary N) is 1. The Bertz CT molecular complexity index is 518. The van der Waals surface area contributed by atoms with Gasteiger partial charge in [-0.15, -0.1) is 0 Å². The predicted molar refractivity (Wildman–Crippen MR) is 64.6 cm³/mol. The SMILES string of the molecule is CN1CCC[C@@H]1c1c[nH]c2ccc(O)cc12. The molecular formula is C13H16N2O. The van der Waals surface area contributed by atoms with E-state index in [0.717, 1.165) is 17.4 Å². The predicted octanol–water partition coefficient (Wildman–Crippen LogP) is 2.64. The highest BCUT2D eigenvalue weighted by atomic mass is 16.3. The van der Waals surface area contributed by atoms with Crippen LogP contribution in [0, 0.1) is 0 Å². The number of fused-ring (bicyclic) bond motifs is 1. The first-order valence-corrected chi connectivity index (χ1v) is 5.76. The molecule has 2 N–H and O–H groups in total. The van der Waals surface area contributed by atoms with Crippen molar-refractivity contribution in [3.05, 3.63) is 30.0 Å². The Labute approximate surface area is 94.7 Å². The van der Waals surface area contributed by atoms with Crippen LogP contribution >= 0.6 is 0 Å². The van der Waals surface area contributed by atoms with E-state index in [2.05, 4.69) is 23.1 Å². The molecule has 2 aromatic rings. The minimum Gasteiger partial charge on any atom is -0.508 e. The molecule has 0 aliphatic carbocycles. The molecule has 0 unspecified atom stereocenters. The van der Waals surface area contributed by atoms with E-state index in [1.807, 2.05) is 12.1 Å². The minimum atomic E-state index is 0.342. The van der Waals surface area contributed by atoms with Crippen molar-refractivity contribution in [2.45, 2.75) is 18.9 Å². The van der Waals surface area contributed by atoms with Crippen LogP contribution in [0.25, 0.3) is 10.9 Å². The number of nitrogens with zero attached hydrogens (tertiary/aromatic N) is 1. The number of aromatic nitrogens is 1. The topological polar surface area (TPSA) is 39.3 Å². The number of aromatic hydroxyl groups is 1. The first-order valence-electron chi connectivity index (χ1n) is 5.76. The number of hydrogen-bond donors (Lipinski definition) is 2. The molecule has 1 atom stereocenters. The lowest BCUT2D eigenvalue weighted by Crippen LogP contribution is -2.17. The van der Waals surface area contributed by atoms with Gasteiger partial charge in [-0.2, -0.15) is 0 Å². The lowest BCUT2D eigenvalue weighted by Gasteiger charge is -2.18. The maximum atomic E-state index is 9.55. The maximum Gasteiger partial charge on any atom is 0.116 e. The van der Waals surface area contributed by atoms with Crippen LogP contribution in [-0.2, 0) is 0 Å². The lowest BCUT2D eigenvalue weighted by atomic mass is 10.0. The van der Waals surface area contributed by atoms with Crippen molar-refractivity contribution < 1.29 is 5.11 Å². The van der Waals surface area contributed by atoms with Crippen LogP contribution in [0.2, 0.25) is 0 Å². The van der Waals surface area contributed by atoms with Gasteiger partial charge in [0.2, 0.25) is 0 Å². The fraction of sp³-hybridized carbons (Fsp3) is 0.385. The lowest BCUT2D eigenvalue weighted by molar-refractivity contribution is 0.319. The second-order valence-corrected chi connectivity index (χ2v) is 4.61. The van der Waals surface area contributed by atoms with Crippen LogP contribution in [0.15, 0.2) is 24.4 Å². The van der Waals surface area contributed by atoms with E-state index in [4.69, 9.17) is 0 Å². The number of likely N-dealkylation sites (tertiary alicyclic amines) is 1. The Morgan fingerprint density at radius 2 is 2.31 bits per heavy atom. The number of H-pyrrole nitrogens is 1. The summed E-state index contributed by atoms with van der Waals surface area (Å²) in [7, 11) is 2.17. The van der Waals surface area contributed by atoms with Gasteiger partial charge in [-0.1, -0.05) is 0 Å². The third-order valence-electron chi connectivity index (χ3n) is 3.58. The second kappa shape index (κ2) is 3.52. The van der Waals surface area contributed by atoms with Gasteiger partial charge in [0.1, 0.15) is 5.75 Å².